The lowest BCUT2D eigenvalue weighted by Crippen LogP contribution is -2.47. The zero-order valence-corrected chi connectivity index (χ0v) is 15.7. The van der Waals surface area contributed by atoms with Gasteiger partial charge in [0, 0.05) is 42.3 Å². The minimum absolute atomic E-state index is 0.166. The molecule has 1 saturated carbocycles. The fourth-order valence-corrected chi connectivity index (χ4v) is 4.70. The van der Waals surface area contributed by atoms with E-state index in [0.717, 1.165) is 57.9 Å². The Morgan fingerprint density at radius 2 is 1.76 bits per heavy atom. The van der Waals surface area contributed by atoms with Gasteiger partial charge in [-0.1, -0.05) is 35.2 Å². The van der Waals surface area contributed by atoms with Gasteiger partial charge in [0.25, 0.3) is 0 Å². The molecule has 0 amide bonds. The minimum atomic E-state index is -4.57. The van der Waals surface area contributed by atoms with E-state index in [1.54, 1.807) is 6.07 Å². The van der Waals surface area contributed by atoms with Crippen LogP contribution in [0.5, 0.6) is 5.75 Å². The number of hydrogen-bond acceptors (Lipinski definition) is 3. The Morgan fingerprint density at radius 1 is 1.12 bits per heavy atom. The number of aromatic hydroxyl groups is 1. The van der Waals surface area contributed by atoms with Gasteiger partial charge in [0.15, 0.2) is 0 Å². The van der Waals surface area contributed by atoms with Crippen LogP contribution in [-0.2, 0) is 6.18 Å². The minimum Gasteiger partial charge on any atom is -0.507 e. The maximum atomic E-state index is 13.4. The molecule has 2 aliphatic rings. The monoisotopic (exact) mass is 420 g/mol. The number of nitrogens with zero attached hydrogens (tertiary/aromatic N) is 1. The Morgan fingerprint density at radius 3 is 2.36 bits per heavy atom. The fourth-order valence-electron chi connectivity index (χ4n) is 4.22. The van der Waals surface area contributed by atoms with E-state index in [0.29, 0.717) is 10.0 Å². The van der Waals surface area contributed by atoms with Crippen molar-refractivity contribution < 1.29 is 18.3 Å². The number of phenolic OH excluding ortho intramolecular Hbond substituents is 1. The maximum Gasteiger partial charge on any atom is 0.420 e. The predicted molar refractivity (Wildman–Crippen MR) is 94.6 cm³/mol. The molecule has 0 unspecified atom stereocenters. The molecule has 7 heteroatoms. The van der Waals surface area contributed by atoms with E-state index in [4.69, 9.17) is 0 Å². The predicted octanol–water partition coefficient (Wildman–Crippen LogP) is 4.70. The van der Waals surface area contributed by atoms with E-state index in [1.807, 2.05) is 0 Å². The van der Waals surface area contributed by atoms with Crippen molar-refractivity contribution in [2.24, 2.45) is 5.92 Å². The van der Waals surface area contributed by atoms with E-state index in [2.05, 4.69) is 26.1 Å². The summed E-state index contributed by atoms with van der Waals surface area (Å²) in [5, 5.41) is 13.8. The van der Waals surface area contributed by atoms with Crippen molar-refractivity contribution in [3.63, 3.8) is 0 Å². The third kappa shape index (κ3) is 4.31. The highest BCUT2D eigenvalue weighted by molar-refractivity contribution is 9.10. The van der Waals surface area contributed by atoms with Gasteiger partial charge in [-0.2, -0.15) is 13.2 Å². The molecule has 1 heterocycles. The van der Waals surface area contributed by atoms with Crippen LogP contribution in [0.2, 0.25) is 0 Å². The number of hydrogen-bond donors (Lipinski definition) is 2. The normalized spacial score (nSPS) is 22.1. The first-order valence-electron chi connectivity index (χ1n) is 8.92. The highest BCUT2D eigenvalue weighted by Crippen LogP contribution is 2.46. The van der Waals surface area contributed by atoms with Gasteiger partial charge in [0.1, 0.15) is 5.75 Å². The molecule has 0 spiro atoms. The summed E-state index contributed by atoms with van der Waals surface area (Å²) in [5.74, 6) is -0.321. The van der Waals surface area contributed by atoms with E-state index >= 15 is 0 Å². The van der Waals surface area contributed by atoms with Crippen LogP contribution in [0.4, 0.5) is 13.2 Å². The molecule has 1 saturated heterocycles. The lowest BCUT2D eigenvalue weighted by molar-refractivity contribution is -0.139. The van der Waals surface area contributed by atoms with Crippen LogP contribution >= 0.6 is 15.9 Å². The first-order chi connectivity index (χ1) is 11.9. The molecule has 2 N–H and O–H groups in total. The number of benzene rings is 1. The van der Waals surface area contributed by atoms with Crippen LogP contribution < -0.4 is 5.32 Å². The lowest BCUT2D eigenvalue weighted by Gasteiger charge is -2.41. The zero-order chi connectivity index (χ0) is 18.0. The summed E-state index contributed by atoms with van der Waals surface area (Å²) in [5.41, 5.74) is -0.539. The fraction of sp³-hybridized carbons (Fsp3) is 0.667. The van der Waals surface area contributed by atoms with Gasteiger partial charge in [-0.3, -0.25) is 4.90 Å². The van der Waals surface area contributed by atoms with Crippen molar-refractivity contribution in [3.8, 4) is 5.75 Å². The number of alkyl halides is 3. The van der Waals surface area contributed by atoms with Crippen molar-refractivity contribution in [1.29, 1.82) is 0 Å². The Bertz CT molecular complexity index is 579. The summed E-state index contributed by atoms with van der Waals surface area (Å²) in [6, 6.07) is 2.47. The zero-order valence-electron chi connectivity index (χ0n) is 14.1. The van der Waals surface area contributed by atoms with Crippen LogP contribution in [0.15, 0.2) is 16.6 Å². The Labute approximate surface area is 154 Å². The molecule has 0 radical (unpaired) electrons. The summed E-state index contributed by atoms with van der Waals surface area (Å²) in [6.07, 6.45) is 0.832. The van der Waals surface area contributed by atoms with Gasteiger partial charge in [0.2, 0.25) is 0 Å². The van der Waals surface area contributed by atoms with Crippen LogP contribution in [0, 0.1) is 5.92 Å². The number of phenols is 1. The third-order valence-electron chi connectivity index (χ3n) is 5.37. The van der Waals surface area contributed by atoms with E-state index in [9.17, 15) is 18.3 Å². The number of rotatable bonds is 3. The average Bonchev–Trinajstić information content (AvgIpc) is 2.59. The molecule has 3 rings (SSSR count). The second-order valence-corrected chi connectivity index (χ2v) is 7.93. The van der Waals surface area contributed by atoms with E-state index < -0.39 is 17.5 Å². The molecule has 1 atom stereocenters. The van der Waals surface area contributed by atoms with Gasteiger partial charge in [0.05, 0.1) is 5.56 Å². The molecular formula is C18H24BrF3N2O. The molecule has 1 aromatic carbocycles. The quantitative estimate of drug-likeness (QED) is 0.743. The van der Waals surface area contributed by atoms with Crippen molar-refractivity contribution in [3.05, 3.63) is 27.7 Å². The molecule has 25 heavy (non-hydrogen) atoms. The highest BCUT2D eigenvalue weighted by Gasteiger charge is 2.39. The Kier molecular flexibility index (Phi) is 5.96. The van der Waals surface area contributed by atoms with Crippen LogP contribution in [0.3, 0.4) is 0 Å². The van der Waals surface area contributed by atoms with Gasteiger partial charge < -0.3 is 10.4 Å². The van der Waals surface area contributed by atoms with Gasteiger partial charge in [-0.25, -0.2) is 0 Å². The van der Waals surface area contributed by atoms with Crippen LogP contribution in [0.1, 0.15) is 49.3 Å². The van der Waals surface area contributed by atoms with Crippen molar-refractivity contribution >= 4 is 15.9 Å². The largest absolute Gasteiger partial charge is 0.507 e. The number of piperazine rings is 1. The van der Waals surface area contributed by atoms with Crippen molar-refractivity contribution in [2.45, 2.75) is 44.3 Å². The van der Waals surface area contributed by atoms with Crippen molar-refractivity contribution in [1.82, 2.24) is 10.2 Å². The smallest absolute Gasteiger partial charge is 0.420 e. The second-order valence-electron chi connectivity index (χ2n) is 7.02. The molecular weight excluding hydrogens is 397 g/mol. The molecule has 0 aromatic heterocycles. The standard InChI is InChI=1S/C18H24BrF3N2O/c19-13-10-14(17(25)15(11-13)18(20,21)22)16(12-4-2-1-3-5-12)24-8-6-23-7-9-24/h10-12,16,23,25H,1-9H2/t16-/m0/s1. The second kappa shape index (κ2) is 7.84. The molecule has 140 valence electrons. The van der Waals surface area contributed by atoms with Gasteiger partial charge in [-0.15, -0.1) is 0 Å². The summed E-state index contributed by atoms with van der Waals surface area (Å²) < 4.78 is 40.4. The molecule has 1 aliphatic heterocycles. The first-order valence-corrected chi connectivity index (χ1v) is 9.71. The molecule has 1 aromatic rings. The maximum absolute atomic E-state index is 13.4. The van der Waals surface area contributed by atoms with Crippen molar-refractivity contribution in [2.75, 3.05) is 26.2 Å². The third-order valence-corrected chi connectivity index (χ3v) is 5.83. The lowest BCUT2D eigenvalue weighted by atomic mass is 9.79. The van der Waals surface area contributed by atoms with Gasteiger partial charge >= 0.3 is 6.18 Å². The molecule has 1 aliphatic carbocycles. The van der Waals surface area contributed by atoms with Crippen LogP contribution in [-0.4, -0.2) is 36.2 Å². The van der Waals surface area contributed by atoms with E-state index in [-0.39, 0.29) is 12.0 Å². The Balaban J connectivity index is 2.04. The molecule has 3 nitrogen and oxygen atoms in total. The summed E-state index contributed by atoms with van der Waals surface area (Å²) in [7, 11) is 0. The summed E-state index contributed by atoms with van der Waals surface area (Å²) in [6.45, 7) is 3.22. The molecule has 2 fully saturated rings. The summed E-state index contributed by atoms with van der Waals surface area (Å²) in [4.78, 5) is 2.24. The number of nitrogens with one attached hydrogen (secondary N) is 1. The SMILES string of the molecule is Oc1c([C@H](C2CCCCC2)N2CCNCC2)cc(Br)cc1C(F)(F)F. The van der Waals surface area contributed by atoms with E-state index in [1.165, 1.54) is 6.42 Å². The van der Waals surface area contributed by atoms with Crippen LogP contribution in [0.25, 0.3) is 0 Å². The first kappa shape index (κ1) is 19.0. The molecule has 0 bridgehead atoms. The van der Waals surface area contributed by atoms with Gasteiger partial charge in [-0.05, 0) is 30.9 Å². The Hall–Kier alpha value is -0.790. The number of halogens is 4. The highest BCUT2D eigenvalue weighted by atomic mass is 79.9. The average molecular weight is 421 g/mol. The summed E-state index contributed by atoms with van der Waals surface area (Å²) >= 11 is 3.21. The topological polar surface area (TPSA) is 35.5 Å².